The molecule has 2 rings (SSSR count). The number of nitrogens with zero attached hydrogens (tertiary/aromatic N) is 3. The van der Waals surface area contributed by atoms with Crippen LogP contribution in [0.15, 0.2) is 12.3 Å². The quantitative estimate of drug-likeness (QED) is 0.831. The molecule has 94 valence electrons. The van der Waals surface area contributed by atoms with Crippen LogP contribution in [0.5, 0.6) is 0 Å². The molecule has 1 aliphatic heterocycles. The second-order valence-corrected chi connectivity index (χ2v) is 4.75. The minimum atomic E-state index is 0.0177. The van der Waals surface area contributed by atoms with Crippen LogP contribution in [0.25, 0.3) is 0 Å². The van der Waals surface area contributed by atoms with Crippen LogP contribution in [-0.4, -0.2) is 47.3 Å². The molecule has 1 aromatic rings. The van der Waals surface area contributed by atoms with E-state index in [2.05, 4.69) is 10.4 Å². The molecule has 1 N–H and O–H groups in total. The van der Waals surface area contributed by atoms with Gasteiger partial charge in [-0.2, -0.15) is 5.10 Å². The number of hydrogen-bond acceptors (Lipinski definition) is 3. The smallest absolute Gasteiger partial charge is 0.274 e. The van der Waals surface area contributed by atoms with Gasteiger partial charge in [0.25, 0.3) is 5.91 Å². The van der Waals surface area contributed by atoms with Crippen molar-refractivity contribution in [3.05, 3.63) is 18.0 Å². The molecular weight excluding hydrogens is 216 g/mol. The first-order valence-corrected chi connectivity index (χ1v) is 6.12. The number of rotatable bonds is 3. The van der Waals surface area contributed by atoms with E-state index in [0.29, 0.717) is 11.6 Å². The lowest BCUT2D eigenvalue weighted by atomic mass is 9.97. The van der Waals surface area contributed by atoms with Crippen LogP contribution in [0, 0.1) is 5.92 Å². The van der Waals surface area contributed by atoms with Gasteiger partial charge in [-0.05, 0) is 37.9 Å². The van der Waals surface area contributed by atoms with Crippen molar-refractivity contribution in [2.75, 3.05) is 26.7 Å². The van der Waals surface area contributed by atoms with Crippen LogP contribution in [0.1, 0.15) is 23.3 Å². The maximum absolute atomic E-state index is 12.1. The van der Waals surface area contributed by atoms with Gasteiger partial charge in [0.15, 0.2) is 0 Å². The first-order valence-electron chi connectivity index (χ1n) is 6.12. The molecular formula is C12H20N4O. The Labute approximate surface area is 102 Å². The highest BCUT2D eigenvalue weighted by Gasteiger charge is 2.20. The Bertz CT molecular complexity index is 382. The van der Waals surface area contributed by atoms with Crippen molar-refractivity contribution >= 4 is 5.91 Å². The van der Waals surface area contributed by atoms with E-state index >= 15 is 0 Å². The van der Waals surface area contributed by atoms with Crippen molar-refractivity contribution in [3.63, 3.8) is 0 Å². The third kappa shape index (κ3) is 3.06. The molecule has 0 radical (unpaired) electrons. The number of piperidine rings is 1. The Balaban J connectivity index is 1.90. The van der Waals surface area contributed by atoms with Gasteiger partial charge in [0.2, 0.25) is 0 Å². The van der Waals surface area contributed by atoms with Crippen LogP contribution >= 0.6 is 0 Å². The Morgan fingerprint density at radius 3 is 2.88 bits per heavy atom. The second kappa shape index (κ2) is 5.31. The van der Waals surface area contributed by atoms with E-state index in [9.17, 15) is 4.79 Å². The van der Waals surface area contributed by atoms with Gasteiger partial charge in [-0.15, -0.1) is 0 Å². The summed E-state index contributed by atoms with van der Waals surface area (Å²) in [5.41, 5.74) is 0.531. The molecule has 1 fully saturated rings. The molecule has 5 heteroatoms. The highest BCUT2D eigenvalue weighted by Crippen LogP contribution is 2.13. The first-order chi connectivity index (χ1) is 8.16. The highest BCUT2D eigenvalue weighted by atomic mass is 16.2. The summed E-state index contributed by atoms with van der Waals surface area (Å²) in [6, 6.07) is 1.77. The molecule has 0 unspecified atom stereocenters. The van der Waals surface area contributed by atoms with Crippen molar-refractivity contribution < 1.29 is 4.79 Å². The highest BCUT2D eigenvalue weighted by molar-refractivity contribution is 5.91. The molecule has 1 aromatic heterocycles. The predicted octanol–water partition coefficient (Wildman–Crippen LogP) is 0.492. The van der Waals surface area contributed by atoms with Gasteiger partial charge >= 0.3 is 0 Å². The minimum Gasteiger partial charge on any atom is -0.340 e. The molecule has 5 nitrogen and oxygen atoms in total. The van der Waals surface area contributed by atoms with E-state index in [1.165, 1.54) is 0 Å². The van der Waals surface area contributed by atoms with Gasteiger partial charge < -0.3 is 10.2 Å². The lowest BCUT2D eigenvalue weighted by molar-refractivity contribution is 0.0756. The Morgan fingerprint density at radius 1 is 1.59 bits per heavy atom. The summed E-state index contributed by atoms with van der Waals surface area (Å²) in [6.07, 6.45) is 4.10. The largest absolute Gasteiger partial charge is 0.340 e. The van der Waals surface area contributed by atoms with Crippen molar-refractivity contribution in [2.24, 2.45) is 13.0 Å². The van der Waals surface area contributed by atoms with Crippen LogP contribution < -0.4 is 5.32 Å². The third-order valence-corrected chi connectivity index (χ3v) is 3.27. The molecule has 2 heterocycles. The van der Waals surface area contributed by atoms with Gasteiger partial charge in [-0.1, -0.05) is 0 Å². The Morgan fingerprint density at radius 2 is 2.29 bits per heavy atom. The molecule has 0 aromatic carbocycles. The first kappa shape index (κ1) is 12.1. The molecule has 0 atom stereocenters. The molecule has 1 aliphatic rings. The average molecular weight is 236 g/mol. The van der Waals surface area contributed by atoms with Gasteiger partial charge in [0.05, 0.1) is 0 Å². The summed E-state index contributed by atoms with van der Waals surface area (Å²) >= 11 is 0. The monoisotopic (exact) mass is 236 g/mol. The zero-order chi connectivity index (χ0) is 12.3. The fourth-order valence-corrected chi connectivity index (χ4v) is 2.26. The van der Waals surface area contributed by atoms with Crippen LogP contribution in [0.4, 0.5) is 0 Å². The Hall–Kier alpha value is -1.36. The fraction of sp³-hybridized carbons (Fsp3) is 0.667. The van der Waals surface area contributed by atoms with E-state index in [0.717, 1.165) is 32.5 Å². The summed E-state index contributed by atoms with van der Waals surface area (Å²) in [5, 5.41) is 7.47. The number of aromatic nitrogens is 2. The third-order valence-electron chi connectivity index (χ3n) is 3.27. The van der Waals surface area contributed by atoms with Gasteiger partial charge in [0, 0.05) is 26.8 Å². The minimum absolute atomic E-state index is 0.0177. The van der Waals surface area contributed by atoms with Crippen molar-refractivity contribution in [1.82, 2.24) is 20.0 Å². The lowest BCUT2D eigenvalue weighted by Crippen LogP contribution is -2.37. The Kier molecular flexibility index (Phi) is 3.78. The number of amides is 1. The van der Waals surface area contributed by atoms with Crippen LogP contribution in [0.2, 0.25) is 0 Å². The van der Waals surface area contributed by atoms with E-state index < -0.39 is 0 Å². The molecule has 17 heavy (non-hydrogen) atoms. The average Bonchev–Trinajstić information content (AvgIpc) is 2.76. The number of carbonyl (C=O) groups excluding carboxylic acids is 1. The maximum Gasteiger partial charge on any atom is 0.274 e. The summed E-state index contributed by atoms with van der Waals surface area (Å²) in [6.45, 7) is 2.96. The van der Waals surface area contributed by atoms with E-state index in [4.69, 9.17) is 0 Å². The summed E-state index contributed by atoms with van der Waals surface area (Å²) in [5.74, 6) is 0.637. The standard InChI is InChI=1S/C12H20N4O/c1-15(9-10-3-6-13-7-4-10)12(17)11-5-8-16(2)14-11/h5,8,10,13H,3-4,6-7,9H2,1-2H3. The zero-order valence-corrected chi connectivity index (χ0v) is 10.5. The van der Waals surface area contributed by atoms with Gasteiger partial charge in [-0.3, -0.25) is 9.48 Å². The van der Waals surface area contributed by atoms with Gasteiger partial charge in [-0.25, -0.2) is 0 Å². The summed E-state index contributed by atoms with van der Waals surface area (Å²) in [7, 11) is 3.68. The number of hydrogen-bond donors (Lipinski definition) is 1. The lowest BCUT2D eigenvalue weighted by Gasteiger charge is -2.27. The van der Waals surface area contributed by atoms with E-state index in [1.807, 2.05) is 14.1 Å². The van der Waals surface area contributed by atoms with Crippen molar-refractivity contribution in [1.29, 1.82) is 0 Å². The topological polar surface area (TPSA) is 50.2 Å². The van der Waals surface area contributed by atoms with E-state index in [1.54, 1.807) is 21.8 Å². The second-order valence-electron chi connectivity index (χ2n) is 4.75. The molecule has 1 amide bonds. The maximum atomic E-state index is 12.1. The molecule has 0 aliphatic carbocycles. The van der Waals surface area contributed by atoms with E-state index in [-0.39, 0.29) is 5.91 Å². The molecule has 1 saturated heterocycles. The fourth-order valence-electron chi connectivity index (χ4n) is 2.26. The summed E-state index contributed by atoms with van der Waals surface area (Å²) in [4.78, 5) is 13.9. The van der Waals surface area contributed by atoms with Crippen LogP contribution in [-0.2, 0) is 7.05 Å². The zero-order valence-electron chi connectivity index (χ0n) is 10.5. The normalized spacial score (nSPS) is 17.1. The van der Waals surface area contributed by atoms with Crippen molar-refractivity contribution in [3.8, 4) is 0 Å². The van der Waals surface area contributed by atoms with Gasteiger partial charge in [0.1, 0.15) is 5.69 Å². The SMILES string of the molecule is CN(CC1CCNCC1)C(=O)c1ccn(C)n1. The molecule has 0 saturated carbocycles. The number of carbonyl (C=O) groups is 1. The number of nitrogens with one attached hydrogen (secondary N) is 1. The predicted molar refractivity (Wildman–Crippen MR) is 65.8 cm³/mol. The molecule has 0 bridgehead atoms. The number of aryl methyl sites for hydroxylation is 1. The van der Waals surface area contributed by atoms with Crippen molar-refractivity contribution in [2.45, 2.75) is 12.8 Å². The summed E-state index contributed by atoms with van der Waals surface area (Å²) < 4.78 is 1.66. The van der Waals surface area contributed by atoms with Crippen LogP contribution in [0.3, 0.4) is 0 Å². The molecule has 0 spiro atoms.